The van der Waals surface area contributed by atoms with Gasteiger partial charge < -0.3 is 18.9 Å². The van der Waals surface area contributed by atoms with E-state index >= 15 is 4.39 Å². The lowest BCUT2D eigenvalue weighted by atomic mass is 9.99. The predicted octanol–water partition coefficient (Wildman–Crippen LogP) is 5.80. The normalized spacial score (nSPS) is 15.6. The second kappa shape index (κ2) is 9.57. The van der Waals surface area contributed by atoms with E-state index in [1.54, 1.807) is 25.4 Å². The number of benzene rings is 2. The maximum Gasteiger partial charge on any atom is 0.199 e. The SMILES string of the molecule is COc1cccc(-c2sc3nc(-c4nccn4C)nc(N4CCC(OC)C4)c3c2-c2ccccc2)c1F. The molecule has 1 saturated heterocycles. The molecular weight excluding hydrogens is 489 g/mol. The predicted molar refractivity (Wildman–Crippen MR) is 145 cm³/mol. The molecule has 0 spiro atoms. The van der Waals surface area contributed by atoms with Crippen molar-refractivity contribution in [1.82, 2.24) is 19.5 Å². The van der Waals surface area contributed by atoms with Crippen molar-refractivity contribution >= 4 is 27.4 Å². The lowest BCUT2D eigenvalue weighted by Crippen LogP contribution is -2.23. The first kappa shape index (κ1) is 23.6. The van der Waals surface area contributed by atoms with Gasteiger partial charge in [-0.1, -0.05) is 42.5 Å². The van der Waals surface area contributed by atoms with Crippen molar-refractivity contribution < 1.29 is 13.9 Å². The number of aromatic nitrogens is 4. The van der Waals surface area contributed by atoms with Gasteiger partial charge in [0.2, 0.25) is 0 Å². The summed E-state index contributed by atoms with van der Waals surface area (Å²) in [5.74, 6) is 1.83. The molecule has 0 bridgehead atoms. The van der Waals surface area contributed by atoms with Crippen molar-refractivity contribution in [2.45, 2.75) is 12.5 Å². The van der Waals surface area contributed by atoms with Crippen LogP contribution in [0.4, 0.5) is 10.2 Å². The molecule has 7 nitrogen and oxygen atoms in total. The van der Waals surface area contributed by atoms with E-state index in [9.17, 15) is 0 Å². The second-order valence-corrected chi connectivity index (χ2v) is 10.00. The van der Waals surface area contributed by atoms with Gasteiger partial charge in [-0.25, -0.2) is 19.3 Å². The summed E-state index contributed by atoms with van der Waals surface area (Å²) in [5, 5.41) is 0.906. The number of rotatable bonds is 6. The summed E-state index contributed by atoms with van der Waals surface area (Å²) in [6.45, 7) is 1.52. The van der Waals surface area contributed by atoms with Crippen LogP contribution in [0.15, 0.2) is 60.9 Å². The molecule has 188 valence electrons. The molecule has 1 atom stereocenters. The Bertz CT molecular complexity index is 1580. The van der Waals surface area contributed by atoms with E-state index in [1.807, 2.05) is 54.2 Å². The standard InChI is InChI=1S/C28H26FN5O2S/c1-33-15-13-30-27(33)25-31-26(34-14-12-18(16-34)35-2)22-21(17-8-5-4-6-9-17)24(37-28(22)32-25)19-10-7-11-20(36-3)23(19)29/h4-11,13,15,18H,12,14,16H2,1-3H3. The van der Waals surface area contributed by atoms with E-state index in [-0.39, 0.29) is 11.9 Å². The quantitative estimate of drug-likeness (QED) is 0.285. The van der Waals surface area contributed by atoms with Crippen LogP contribution < -0.4 is 9.64 Å². The highest BCUT2D eigenvalue weighted by Crippen LogP contribution is 2.49. The number of methoxy groups -OCH3 is 2. The lowest BCUT2D eigenvalue weighted by molar-refractivity contribution is 0.121. The Labute approximate surface area is 218 Å². The summed E-state index contributed by atoms with van der Waals surface area (Å²) in [5.41, 5.74) is 2.36. The third-order valence-corrected chi connectivity index (χ3v) is 7.94. The van der Waals surface area contributed by atoms with Crippen LogP contribution in [-0.4, -0.2) is 52.9 Å². The van der Waals surface area contributed by atoms with Gasteiger partial charge in [0, 0.05) is 55.6 Å². The number of anilines is 1. The van der Waals surface area contributed by atoms with Gasteiger partial charge in [0.15, 0.2) is 23.2 Å². The molecular formula is C28H26FN5O2S. The number of nitrogens with zero attached hydrogens (tertiary/aromatic N) is 5. The highest BCUT2D eigenvalue weighted by atomic mass is 32.1. The van der Waals surface area contributed by atoms with E-state index in [0.29, 0.717) is 17.2 Å². The zero-order valence-corrected chi connectivity index (χ0v) is 21.6. The zero-order chi connectivity index (χ0) is 25.5. The number of halogens is 1. The number of hydrogen-bond acceptors (Lipinski definition) is 7. The first-order valence-corrected chi connectivity index (χ1v) is 12.9. The average molecular weight is 516 g/mol. The van der Waals surface area contributed by atoms with Crippen molar-refractivity contribution in [3.05, 3.63) is 66.7 Å². The number of ether oxygens (including phenoxy) is 2. The molecule has 5 aromatic rings. The molecule has 1 unspecified atom stereocenters. The van der Waals surface area contributed by atoms with Gasteiger partial charge in [-0.15, -0.1) is 11.3 Å². The zero-order valence-electron chi connectivity index (χ0n) is 20.8. The minimum absolute atomic E-state index is 0.121. The van der Waals surface area contributed by atoms with E-state index in [4.69, 9.17) is 19.4 Å². The largest absolute Gasteiger partial charge is 0.494 e. The van der Waals surface area contributed by atoms with Gasteiger partial charge in [0.25, 0.3) is 0 Å². The second-order valence-electron chi connectivity index (χ2n) is 9.00. The Balaban J connectivity index is 1.69. The molecule has 37 heavy (non-hydrogen) atoms. The van der Waals surface area contributed by atoms with Crippen LogP contribution in [0, 0.1) is 5.82 Å². The molecule has 0 radical (unpaired) electrons. The molecule has 0 saturated carbocycles. The van der Waals surface area contributed by atoms with Crippen molar-refractivity contribution in [2.24, 2.45) is 7.05 Å². The molecule has 9 heteroatoms. The molecule has 1 aliphatic heterocycles. The average Bonchev–Trinajstić information content (AvgIpc) is 3.67. The van der Waals surface area contributed by atoms with E-state index < -0.39 is 5.82 Å². The van der Waals surface area contributed by atoms with E-state index in [1.165, 1.54) is 18.4 Å². The molecule has 3 aromatic heterocycles. The Morgan fingerprint density at radius 2 is 1.89 bits per heavy atom. The van der Waals surface area contributed by atoms with Gasteiger partial charge in [-0.2, -0.15) is 0 Å². The van der Waals surface area contributed by atoms with Crippen molar-refractivity contribution in [1.29, 1.82) is 0 Å². The number of hydrogen-bond donors (Lipinski definition) is 0. The fourth-order valence-corrected chi connectivity index (χ4v) is 6.13. The summed E-state index contributed by atoms with van der Waals surface area (Å²) in [4.78, 5) is 18.3. The van der Waals surface area contributed by atoms with Gasteiger partial charge in [-0.3, -0.25) is 0 Å². The number of aryl methyl sites for hydroxylation is 1. The molecule has 6 rings (SSSR count). The minimum Gasteiger partial charge on any atom is -0.494 e. The van der Waals surface area contributed by atoms with Crippen LogP contribution in [0.2, 0.25) is 0 Å². The fraction of sp³-hybridized carbons (Fsp3) is 0.250. The molecule has 0 N–H and O–H groups in total. The Morgan fingerprint density at radius 1 is 1.05 bits per heavy atom. The Hall–Kier alpha value is -3.82. The van der Waals surface area contributed by atoms with Gasteiger partial charge in [0.05, 0.1) is 18.6 Å². The van der Waals surface area contributed by atoms with Gasteiger partial charge in [0.1, 0.15) is 10.6 Å². The van der Waals surface area contributed by atoms with Crippen LogP contribution in [0.3, 0.4) is 0 Å². The van der Waals surface area contributed by atoms with Crippen LogP contribution >= 0.6 is 11.3 Å². The molecule has 2 aromatic carbocycles. The topological polar surface area (TPSA) is 65.3 Å². The van der Waals surface area contributed by atoms with Crippen molar-refractivity contribution in [3.63, 3.8) is 0 Å². The summed E-state index contributed by atoms with van der Waals surface area (Å²) < 4.78 is 28.5. The maximum absolute atomic E-state index is 15.6. The number of fused-ring (bicyclic) bond motifs is 1. The fourth-order valence-electron chi connectivity index (χ4n) is 4.92. The Kier molecular flexibility index (Phi) is 6.10. The third kappa shape index (κ3) is 4.04. The van der Waals surface area contributed by atoms with E-state index in [0.717, 1.165) is 51.5 Å². The maximum atomic E-state index is 15.6. The molecule has 0 amide bonds. The lowest BCUT2D eigenvalue weighted by Gasteiger charge is -2.20. The van der Waals surface area contributed by atoms with Crippen LogP contribution in [0.5, 0.6) is 5.75 Å². The van der Waals surface area contributed by atoms with Gasteiger partial charge in [-0.05, 0) is 18.1 Å². The first-order chi connectivity index (χ1) is 18.1. The van der Waals surface area contributed by atoms with E-state index in [2.05, 4.69) is 9.88 Å². The van der Waals surface area contributed by atoms with Crippen LogP contribution in [0.1, 0.15) is 6.42 Å². The summed E-state index contributed by atoms with van der Waals surface area (Å²) in [6, 6.07) is 15.3. The van der Waals surface area contributed by atoms with Crippen molar-refractivity contribution in [3.8, 4) is 39.0 Å². The molecule has 0 aliphatic carbocycles. The summed E-state index contributed by atoms with van der Waals surface area (Å²) in [7, 11) is 5.15. The van der Waals surface area contributed by atoms with Gasteiger partial charge >= 0.3 is 0 Å². The van der Waals surface area contributed by atoms with Crippen LogP contribution in [-0.2, 0) is 11.8 Å². The molecule has 1 fully saturated rings. The monoisotopic (exact) mass is 515 g/mol. The number of imidazole rings is 1. The highest BCUT2D eigenvalue weighted by molar-refractivity contribution is 7.22. The molecule has 1 aliphatic rings. The summed E-state index contributed by atoms with van der Waals surface area (Å²) in [6.07, 6.45) is 4.64. The smallest absolute Gasteiger partial charge is 0.199 e. The Morgan fingerprint density at radius 3 is 2.59 bits per heavy atom. The highest BCUT2D eigenvalue weighted by Gasteiger charge is 2.30. The minimum atomic E-state index is -0.395. The molecule has 4 heterocycles. The van der Waals surface area contributed by atoms with Crippen LogP contribution in [0.25, 0.3) is 43.4 Å². The number of thiophene rings is 1. The van der Waals surface area contributed by atoms with Crippen molar-refractivity contribution in [2.75, 3.05) is 32.2 Å². The first-order valence-electron chi connectivity index (χ1n) is 12.1. The third-order valence-electron chi connectivity index (χ3n) is 6.82. The summed E-state index contributed by atoms with van der Waals surface area (Å²) >= 11 is 1.46.